The molecule has 2 aliphatic heterocycles. The molecule has 0 aromatic heterocycles. The highest BCUT2D eigenvalue weighted by Gasteiger charge is 2.37. The molecule has 110 valence electrons. The van der Waals surface area contributed by atoms with E-state index < -0.39 is 0 Å². The van der Waals surface area contributed by atoms with E-state index >= 15 is 0 Å². The van der Waals surface area contributed by atoms with Crippen molar-refractivity contribution in [3.63, 3.8) is 0 Å². The fraction of sp³-hybridized carbons (Fsp3) is 0.647. The second-order valence-corrected chi connectivity index (χ2v) is 6.68. The predicted molar refractivity (Wildman–Crippen MR) is 83.6 cm³/mol. The minimum atomic E-state index is -0.0448. The Morgan fingerprint density at radius 3 is 2.95 bits per heavy atom. The number of benzene rings is 1. The van der Waals surface area contributed by atoms with Crippen LogP contribution in [-0.2, 0) is 6.42 Å². The van der Waals surface area contributed by atoms with Crippen LogP contribution < -0.4 is 10.1 Å². The van der Waals surface area contributed by atoms with Crippen LogP contribution >= 0.6 is 0 Å². The van der Waals surface area contributed by atoms with Gasteiger partial charge in [-0.3, -0.25) is 4.90 Å². The van der Waals surface area contributed by atoms with Gasteiger partial charge in [-0.25, -0.2) is 0 Å². The average molecular weight is 274 g/mol. The first-order valence-corrected chi connectivity index (χ1v) is 7.86. The van der Waals surface area contributed by atoms with Gasteiger partial charge in [0.25, 0.3) is 0 Å². The maximum Gasteiger partial charge on any atom is 0.125 e. The number of rotatable bonds is 3. The summed E-state index contributed by atoms with van der Waals surface area (Å²) in [5.41, 5.74) is 2.58. The van der Waals surface area contributed by atoms with Crippen LogP contribution in [0.2, 0.25) is 0 Å². The summed E-state index contributed by atoms with van der Waals surface area (Å²) in [4.78, 5) is 2.51. The Balaban J connectivity index is 1.78. The monoisotopic (exact) mass is 274 g/mol. The lowest BCUT2D eigenvalue weighted by Gasteiger charge is -2.30. The third-order valence-electron chi connectivity index (χ3n) is 4.60. The van der Waals surface area contributed by atoms with Crippen molar-refractivity contribution < 1.29 is 4.74 Å². The van der Waals surface area contributed by atoms with E-state index in [0.717, 1.165) is 38.2 Å². The van der Waals surface area contributed by atoms with Crippen molar-refractivity contribution in [1.82, 2.24) is 4.90 Å². The quantitative estimate of drug-likeness (QED) is 0.915. The molecule has 3 rings (SSSR count). The van der Waals surface area contributed by atoms with E-state index in [1.54, 1.807) is 0 Å². The largest absolute Gasteiger partial charge is 0.486 e. The maximum atomic E-state index is 6.46. The summed E-state index contributed by atoms with van der Waals surface area (Å²) in [5, 5.41) is 3.48. The molecule has 0 radical (unpaired) electrons. The van der Waals surface area contributed by atoms with Gasteiger partial charge in [0.1, 0.15) is 11.4 Å². The first-order valence-electron chi connectivity index (χ1n) is 7.86. The Morgan fingerprint density at radius 1 is 1.35 bits per heavy atom. The van der Waals surface area contributed by atoms with Gasteiger partial charge < -0.3 is 10.1 Å². The summed E-state index contributed by atoms with van der Waals surface area (Å²) in [7, 11) is 0. The summed E-state index contributed by atoms with van der Waals surface area (Å²) in [6, 6.07) is 7.01. The Hall–Kier alpha value is -1.22. The molecule has 1 aromatic carbocycles. The third kappa shape index (κ3) is 2.64. The molecule has 0 saturated carbocycles. The minimum Gasteiger partial charge on any atom is -0.486 e. The van der Waals surface area contributed by atoms with Crippen molar-refractivity contribution in [3.05, 3.63) is 23.8 Å². The van der Waals surface area contributed by atoms with Gasteiger partial charge in [-0.05, 0) is 45.7 Å². The minimum absolute atomic E-state index is 0.0448. The average Bonchev–Trinajstić information content (AvgIpc) is 2.82. The molecule has 3 nitrogen and oxygen atoms in total. The SMILES string of the molecule is CC(C)N1CCC(C)(Oc2cccc3c2CCCN3)C1. The molecule has 0 aliphatic carbocycles. The molecule has 2 aliphatic rings. The van der Waals surface area contributed by atoms with Crippen molar-refractivity contribution in [1.29, 1.82) is 0 Å². The smallest absolute Gasteiger partial charge is 0.125 e. The van der Waals surface area contributed by atoms with Crippen LogP contribution in [0.4, 0.5) is 5.69 Å². The fourth-order valence-corrected chi connectivity index (χ4v) is 3.33. The molecular weight excluding hydrogens is 248 g/mol. The van der Waals surface area contributed by atoms with E-state index in [9.17, 15) is 0 Å². The molecule has 1 N–H and O–H groups in total. The normalized spacial score (nSPS) is 26.4. The van der Waals surface area contributed by atoms with Crippen molar-refractivity contribution >= 4 is 5.69 Å². The zero-order chi connectivity index (χ0) is 14.2. The zero-order valence-electron chi connectivity index (χ0n) is 12.9. The lowest BCUT2D eigenvalue weighted by Crippen LogP contribution is -2.38. The van der Waals surface area contributed by atoms with Crippen LogP contribution in [0.1, 0.15) is 39.2 Å². The Labute approximate surface area is 122 Å². The van der Waals surface area contributed by atoms with Gasteiger partial charge in [-0.1, -0.05) is 6.07 Å². The number of nitrogens with zero attached hydrogens (tertiary/aromatic N) is 1. The molecule has 1 atom stereocenters. The third-order valence-corrected chi connectivity index (χ3v) is 4.60. The highest BCUT2D eigenvalue weighted by Crippen LogP contribution is 2.35. The first kappa shape index (κ1) is 13.7. The van der Waals surface area contributed by atoms with Gasteiger partial charge in [-0.2, -0.15) is 0 Å². The molecule has 0 amide bonds. The molecule has 20 heavy (non-hydrogen) atoms. The molecule has 0 spiro atoms. The Bertz CT molecular complexity index is 486. The van der Waals surface area contributed by atoms with Crippen LogP contribution in [0.15, 0.2) is 18.2 Å². The summed E-state index contributed by atoms with van der Waals surface area (Å²) in [6.45, 7) is 10.0. The summed E-state index contributed by atoms with van der Waals surface area (Å²) in [6.07, 6.45) is 3.44. The van der Waals surface area contributed by atoms with Crippen molar-refractivity contribution in [3.8, 4) is 5.75 Å². The summed E-state index contributed by atoms with van der Waals surface area (Å²) in [5.74, 6) is 1.09. The number of anilines is 1. The van der Waals surface area contributed by atoms with Crippen LogP contribution in [0, 0.1) is 0 Å². The van der Waals surface area contributed by atoms with E-state index in [0.29, 0.717) is 6.04 Å². The van der Waals surface area contributed by atoms with E-state index in [-0.39, 0.29) is 5.60 Å². The van der Waals surface area contributed by atoms with E-state index in [4.69, 9.17) is 4.74 Å². The molecule has 1 unspecified atom stereocenters. The zero-order valence-corrected chi connectivity index (χ0v) is 12.9. The van der Waals surface area contributed by atoms with Gasteiger partial charge in [0.05, 0.1) is 0 Å². The number of nitrogens with one attached hydrogen (secondary N) is 1. The summed E-state index contributed by atoms with van der Waals surface area (Å²) >= 11 is 0. The molecule has 1 fully saturated rings. The van der Waals surface area contributed by atoms with Crippen molar-refractivity contribution in [2.24, 2.45) is 0 Å². The van der Waals surface area contributed by atoms with Gasteiger partial charge in [0, 0.05) is 43.3 Å². The van der Waals surface area contributed by atoms with Crippen LogP contribution in [0.3, 0.4) is 0 Å². The highest BCUT2D eigenvalue weighted by atomic mass is 16.5. The molecular formula is C17H26N2O. The van der Waals surface area contributed by atoms with Crippen LogP contribution in [0.25, 0.3) is 0 Å². The van der Waals surface area contributed by atoms with E-state index in [1.807, 2.05) is 0 Å². The highest BCUT2D eigenvalue weighted by molar-refractivity contribution is 5.59. The van der Waals surface area contributed by atoms with Crippen molar-refractivity contribution in [2.75, 3.05) is 25.0 Å². The number of likely N-dealkylation sites (tertiary alicyclic amines) is 1. The molecule has 1 saturated heterocycles. The lowest BCUT2D eigenvalue weighted by molar-refractivity contribution is 0.0898. The molecule has 2 heterocycles. The second-order valence-electron chi connectivity index (χ2n) is 6.68. The number of ether oxygens (including phenoxy) is 1. The molecule has 3 heteroatoms. The molecule has 0 bridgehead atoms. The van der Waals surface area contributed by atoms with E-state index in [2.05, 4.69) is 49.2 Å². The van der Waals surface area contributed by atoms with Gasteiger partial charge in [-0.15, -0.1) is 0 Å². The first-order chi connectivity index (χ1) is 9.57. The summed E-state index contributed by atoms with van der Waals surface area (Å²) < 4.78 is 6.46. The van der Waals surface area contributed by atoms with Crippen LogP contribution in [-0.4, -0.2) is 36.2 Å². The topological polar surface area (TPSA) is 24.5 Å². The Kier molecular flexibility index (Phi) is 3.63. The van der Waals surface area contributed by atoms with Crippen LogP contribution in [0.5, 0.6) is 5.75 Å². The number of hydrogen-bond acceptors (Lipinski definition) is 3. The standard InChI is InChI=1S/C17H26N2O/c1-13(2)19-11-9-17(3,12-19)20-16-8-4-7-15-14(16)6-5-10-18-15/h4,7-8,13,18H,5-6,9-12H2,1-3H3. The van der Waals surface area contributed by atoms with Gasteiger partial charge >= 0.3 is 0 Å². The number of hydrogen-bond donors (Lipinski definition) is 1. The Morgan fingerprint density at radius 2 is 2.20 bits per heavy atom. The molecule has 1 aromatic rings. The van der Waals surface area contributed by atoms with Gasteiger partial charge in [0.2, 0.25) is 0 Å². The lowest BCUT2D eigenvalue weighted by atomic mass is 10.0. The maximum absolute atomic E-state index is 6.46. The number of fused-ring (bicyclic) bond motifs is 1. The van der Waals surface area contributed by atoms with E-state index in [1.165, 1.54) is 17.7 Å². The fourth-order valence-electron chi connectivity index (χ4n) is 3.33. The van der Waals surface area contributed by atoms with Gasteiger partial charge in [0.15, 0.2) is 0 Å². The second kappa shape index (κ2) is 5.28. The van der Waals surface area contributed by atoms with Crippen molar-refractivity contribution in [2.45, 2.75) is 51.7 Å². The predicted octanol–water partition coefficient (Wildman–Crippen LogP) is 3.30.